The van der Waals surface area contributed by atoms with E-state index in [0.717, 1.165) is 144 Å². The molecule has 18 heteroatoms. The van der Waals surface area contributed by atoms with Gasteiger partial charge in [-0.25, -0.2) is 9.97 Å². The number of carbonyl (C=O) groups excluding carboxylic acids is 4. The Kier molecular flexibility index (Phi) is 34.5. The maximum Gasteiger partial charge on any atom is 0.373 e. The van der Waals surface area contributed by atoms with E-state index in [4.69, 9.17) is 42.9 Å². The number of fused-ring (bicyclic) bond motifs is 6. The molecule has 9 aromatic carbocycles. The molecule has 9 aliphatic rings. The van der Waals surface area contributed by atoms with Gasteiger partial charge in [0.05, 0.1) is 41.1 Å². The lowest BCUT2D eigenvalue weighted by Gasteiger charge is -2.26. The first-order valence-electron chi connectivity index (χ1n) is 53.0. The fourth-order valence-electron chi connectivity index (χ4n) is 25.9. The van der Waals surface area contributed by atoms with E-state index in [9.17, 15) is 9.59 Å². The zero-order valence-electron chi connectivity index (χ0n) is 85.4. The van der Waals surface area contributed by atoms with Gasteiger partial charge < -0.3 is 23.4 Å². The van der Waals surface area contributed by atoms with Crippen molar-refractivity contribution in [3.05, 3.63) is 308 Å². The number of aromatic nitrogens is 4. The van der Waals surface area contributed by atoms with Crippen LogP contribution < -0.4 is 18.9 Å². The Morgan fingerprint density at radius 1 is 0.399 bits per heavy atom. The smallest absolute Gasteiger partial charge is 0.373 e. The number of Topliss-reactive ketones (excluding diaryl/α,β-unsaturated/α-hetero) is 2. The molecule has 12 atom stereocenters. The average Bonchev–Trinajstić information content (AvgIpc) is 1.73. The molecule has 4 aromatic heterocycles. The van der Waals surface area contributed by atoms with Crippen molar-refractivity contribution in [2.24, 2.45) is 47.3 Å². The molecule has 17 nitrogen and oxygen atoms in total. The number of ketones is 2. The van der Waals surface area contributed by atoms with Crippen LogP contribution in [0.15, 0.2) is 223 Å². The van der Waals surface area contributed by atoms with Gasteiger partial charge in [-0.15, -0.1) is 11.3 Å². The molecule has 4 saturated heterocycles. The van der Waals surface area contributed by atoms with Crippen LogP contribution in [0.1, 0.15) is 242 Å². The van der Waals surface area contributed by atoms with Gasteiger partial charge in [-0.3, -0.25) is 39.2 Å². The van der Waals surface area contributed by atoms with Crippen LogP contribution in [-0.4, -0.2) is 134 Å². The highest BCUT2D eigenvalue weighted by molar-refractivity contribution is 7.18. The summed E-state index contributed by atoms with van der Waals surface area (Å²) in [6, 6.07) is 71.8. The highest BCUT2D eigenvalue weighted by Crippen LogP contribution is 2.51. The molecule has 143 heavy (non-hydrogen) atoms. The number of aryl methyl sites for hydroxylation is 5. The monoisotopic (exact) mass is 1940 g/mol. The molecule has 13 aromatic rings. The maximum absolute atomic E-state index is 13.0. The van der Waals surface area contributed by atoms with E-state index in [-0.39, 0.29) is 25.1 Å². The molecule has 12 unspecified atom stereocenters. The van der Waals surface area contributed by atoms with E-state index >= 15 is 0 Å². The molecule has 0 N–H and O–H groups in total. The summed E-state index contributed by atoms with van der Waals surface area (Å²) in [5.41, 5.74) is 27.5. The predicted molar refractivity (Wildman–Crippen MR) is 576 cm³/mol. The Balaban J connectivity index is 0.000000130. The van der Waals surface area contributed by atoms with Crippen molar-refractivity contribution in [2.45, 2.75) is 268 Å². The second kappa shape index (κ2) is 47.9. The lowest BCUT2D eigenvalue weighted by molar-refractivity contribution is -0.191. The standard InChI is InChI=1S/C32H36N2O2.C32H38N2O2.C32H36N2OS.C27H34N2O2.CO2.CH4/c1-4-35-30-16-14-25(22(3)32(30)23-11-9-21(2)10-12-23)20-34-18-17-26-24(13-15-28(26)34)19-31-33-27-7-5-6-8-29(27)36-31;1-5-36-31-13-11-26(23(4)32(31)24-8-6-21(2)7-9-24)20-34-15-14-28-25(10-12-29(28)34)17-30(35)27-16-22(3)18-33-19-27;1-4-35-29-16-14-25(22(3)32(29)23-11-9-21(2)10-12-23)20-34-18-17-26-24(13-15-28(26)34)19-31-33-27-7-5-6-8-30(27)36-31;1-19-13-22(17-28-16-19)27(30)15-21-9-10-26-25(21)11-12-29(26)18-20-5-4-8-24(14-20)31-23-6-2-3-7-23;2-1-3;/h5-12,14,16,24,26,28H,4,13,15,17-20H2,1-3H3;6-9,11,13,16,18-19,25,28-29H,5,10,12,14-15,17,20H2,1-4H3;5-12,14,16,24,26,28H,4,13,15,17-20H2,1-3H3;4-5,8,13-14,16-17,21,23,25-26H,2-3,6-7,9-12,15,18H2,1H3;;1H4. The molecule has 0 radical (unpaired) electrons. The molecule has 8 heterocycles. The Labute approximate surface area is 852 Å². The van der Waals surface area contributed by atoms with Crippen molar-refractivity contribution in [1.82, 2.24) is 39.5 Å². The number of pyridine rings is 2. The first-order chi connectivity index (χ1) is 69.2. The van der Waals surface area contributed by atoms with Crippen LogP contribution in [0, 0.1) is 103 Å². The number of benzene rings is 9. The summed E-state index contributed by atoms with van der Waals surface area (Å²) in [6.07, 6.45) is 31.1. The molecular weight excluding hydrogens is 1790 g/mol. The van der Waals surface area contributed by atoms with Crippen LogP contribution in [0.3, 0.4) is 0 Å². The number of hydrogen-bond acceptors (Lipinski definition) is 18. The highest BCUT2D eigenvalue weighted by Gasteiger charge is 2.49. The fraction of sp³-hybridized carbons (Fsp3) is 0.448. The first kappa shape index (κ1) is 103. The number of ether oxygens (including phenoxy) is 4. The van der Waals surface area contributed by atoms with Crippen molar-refractivity contribution in [2.75, 3.05) is 46.0 Å². The van der Waals surface area contributed by atoms with Crippen LogP contribution in [0.25, 0.3) is 54.7 Å². The van der Waals surface area contributed by atoms with Gasteiger partial charge in [-0.2, -0.15) is 9.59 Å². The third-order valence-electron chi connectivity index (χ3n) is 33.0. The number of likely N-dealkylation sites (tertiary alicyclic amines) is 4. The number of rotatable bonds is 29. The van der Waals surface area contributed by atoms with E-state index in [0.29, 0.717) is 92.5 Å². The van der Waals surface area contributed by atoms with Crippen molar-refractivity contribution >= 4 is 50.4 Å². The van der Waals surface area contributed by atoms with E-state index in [2.05, 4.69) is 243 Å². The Hall–Kier alpha value is -11.6. The minimum absolute atomic E-state index is 0. The summed E-state index contributed by atoms with van der Waals surface area (Å²) < 4.78 is 31.8. The molecule has 9 fully saturated rings. The van der Waals surface area contributed by atoms with Crippen molar-refractivity contribution < 1.29 is 42.5 Å². The van der Waals surface area contributed by atoms with E-state index in [1.807, 2.05) is 80.9 Å². The first-order valence-corrected chi connectivity index (χ1v) is 53.8. The number of thiazole rings is 1. The fourth-order valence-corrected chi connectivity index (χ4v) is 27.0. The van der Waals surface area contributed by atoms with Gasteiger partial charge in [0.15, 0.2) is 23.0 Å². The van der Waals surface area contributed by atoms with Gasteiger partial charge in [0, 0.05) is 129 Å². The summed E-state index contributed by atoms with van der Waals surface area (Å²) in [5.74, 6) is 10.6. The van der Waals surface area contributed by atoms with Gasteiger partial charge in [0.25, 0.3) is 0 Å². The molecule has 5 saturated carbocycles. The lowest BCUT2D eigenvalue weighted by Crippen LogP contribution is -2.30. The van der Waals surface area contributed by atoms with Crippen LogP contribution in [-0.2, 0) is 48.6 Å². The van der Waals surface area contributed by atoms with E-state index in [1.54, 1.807) is 12.4 Å². The summed E-state index contributed by atoms with van der Waals surface area (Å²) in [5, 5.41) is 1.32. The average molecular weight is 1940 g/mol. The van der Waals surface area contributed by atoms with Gasteiger partial charge in [0.2, 0.25) is 0 Å². The van der Waals surface area contributed by atoms with Crippen LogP contribution >= 0.6 is 11.3 Å². The van der Waals surface area contributed by atoms with Crippen LogP contribution in [0.5, 0.6) is 23.0 Å². The maximum atomic E-state index is 13.0. The van der Waals surface area contributed by atoms with Crippen LogP contribution in [0.4, 0.5) is 0 Å². The molecule has 22 rings (SSSR count). The number of carbonyl (C=O) groups is 2. The Bertz CT molecular complexity index is 6240. The molecule has 748 valence electrons. The summed E-state index contributed by atoms with van der Waals surface area (Å²) in [4.78, 5) is 71.0. The minimum atomic E-state index is 0. The largest absolute Gasteiger partial charge is 0.493 e. The van der Waals surface area contributed by atoms with Crippen LogP contribution in [0.2, 0.25) is 0 Å². The van der Waals surface area contributed by atoms with Gasteiger partial charge >= 0.3 is 6.15 Å². The molecule has 4 aliphatic heterocycles. The molecule has 0 spiro atoms. The zero-order chi connectivity index (χ0) is 98.4. The second-order valence-electron chi connectivity index (χ2n) is 41.9. The van der Waals surface area contributed by atoms with E-state index < -0.39 is 0 Å². The summed E-state index contributed by atoms with van der Waals surface area (Å²) >= 11 is 1.89. The zero-order valence-corrected chi connectivity index (χ0v) is 86.2. The molecular formula is C125H148N8O9S. The quantitative estimate of drug-likeness (QED) is 0.0403. The molecule has 5 aliphatic carbocycles. The number of oxazole rings is 1. The second-order valence-corrected chi connectivity index (χ2v) is 43.1. The van der Waals surface area contributed by atoms with Gasteiger partial charge in [0.1, 0.15) is 28.5 Å². The third kappa shape index (κ3) is 24.3. The molecule has 0 bridgehead atoms. The minimum Gasteiger partial charge on any atom is -0.493 e. The Morgan fingerprint density at radius 2 is 0.797 bits per heavy atom. The number of nitrogens with zero attached hydrogens (tertiary/aromatic N) is 8. The van der Waals surface area contributed by atoms with E-state index in [1.165, 1.54) is 208 Å². The van der Waals surface area contributed by atoms with Crippen molar-refractivity contribution in [3.63, 3.8) is 0 Å². The lowest BCUT2D eigenvalue weighted by atomic mass is 9.87. The van der Waals surface area contributed by atoms with Gasteiger partial charge in [-0.1, -0.05) is 152 Å². The number of para-hydroxylation sites is 3. The molecule has 0 amide bonds. The highest BCUT2D eigenvalue weighted by atomic mass is 32.1. The van der Waals surface area contributed by atoms with Crippen molar-refractivity contribution in [3.8, 4) is 56.4 Å². The van der Waals surface area contributed by atoms with Gasteiger partial charge in [-0.05, 0) is 386 Å². The SMILES string of the molecule is C.CCOc1ccc(CN2CCC3C(CC(=O)c4cncc(C)c4)CCC32)c(C)c1-c1ccc(C)cc1.CCOc1ccc(CN2CCC3C(Cc4nc5ccccc5o4)CCC32)c(C)c1-c1ccc(C)cc1.CCOc1ccc(CN2CCC3C(Cc4nc5ccccc5s4)CCC32)c(C)c1-c1ccc(C)cc1.Cc1cncc(C(=O)CC2CCC3C2CCN3Cc2cccc(OC3CCCC3)c2)c1.O=C=O. The number of hydrogen-bond donors (Lipinski definition) is 0. The summed E-state index contributed by atoms with van der Waals surface area (Å²) in [7, 11) is 0. The normalized spacial score (nSPS) is 22.1. The topological polar surface area (TPSA) is 183 Å². The Morgan fingerprint density at radius 3 is 1.22 bits per heavy atom. The predicted octanol–water partition coefficient (Wildman–Crippen LogP) is 27.8. The van der Waals surface area contributed by atoms with Crippen molar-refractivity contribution in [1.29, 1.82) is 0 Å². The summed E-state index contributed by atoms with van der Waals surface area (Å²) in [6.45, 7) is 34.0. The third-order valence-corrected chi connectivity index (χ3v) is 34.1.